The smallest absolute Gasteiger partial charge is 0.335 e. The van der Waals surface area contributed by atoms with Crippen molar-refractivity contribution in [1.82, 2.24) is 19.9 Å². The number of nitrogens with zero attached hydrogens (tertiary/aromatic N) is 2. The minimum absolute atomic E-state index is 0. The second kappa shape index (κ2) is 8.87. The fraction of sp³-hybridized carbons (Fsp3) is 0. The Morgan fingerprint density at radius 2 is 1.18 bits per heavy atom. The van der Waals surface area contributed by atoms with Crippen molar-refractivity contribution in [3.63, 3.8) is 0 Å². The van der Waals surface area contributed by atoms with E-state index in [1.807, 2.05) is 78.9 Å². The van der Waals surface area contributed by atoms with Crippen molar-refractivity contribution in [2.75, 3.05) is 0 Å². The third-order valence-electron chi connectivity index (χ3n) is 5.61. The average molecular weight is 543 g/mol. The Bertz CT molecular complexity index is 1640. The normalized spacial score (nSPS) is 11.9. The Morgan fingerprint density at radius 3 is 1.74 bits per heavy atom. The first-order chi connectivity index (χ1) is 16.1. The van der Waals surface area contributed by atoms with Gasteiger partial charge in [0.25, 0.3) is 0 Å². The summed E-state index contributed by atoms with van der Waals surface area (Å²) in [7, 11) is 0. The van der Waals surface area contributed by atoms with E-state index in [0.717, 1.165) is 56.0 Å². The molecule has 5 heterocycles. The molecule has 0 amide bonds. The van der Waals surface area contributed by atoms with Crippen molar-refractivity contribution < 1.29 is 37.2 Å². The van der Waals surface area contributed by atoms with Crippen LogP contribution in [0.2, 0.25) is 0 Å². The third kappa shape index (κ3) is 4.36. The van der Waals surface area contributed by atoms with Gasteiger partial charge in [-0.05, 0) is 84.5 Å². The number of fused-ring (bicyclic) bond motifs is 8. The maximum absolute atomic E-state index is 11.2. The molecule has 0 spiro atoms. The molecule has 0 saturated heterocycles. The van der Waals surface area contributed by atoms with Gasteiger partial charge in [0, 0.05) is 54.9 Å². The second-order valence-corrected chi connectivity index (χ2v) is 7.97. The predicted octanol–water partition coefficient (Wildman–Crippen LogP) is 6.02. The van der Waals surface area contributed by atoms with Crippen LogP contribution in [-0.2, 0) is 27.3 Å². The molecule has 6 rings (SSSR count). The van der Waals surface area contributed by atoms with E-state index in [9.17, 15) is 9.90 Å². The van der Waals surface area contributed by atoms with Crippen LogP contribution in [0.1, 0.15) is 33.1 Å². The number of carboxylic acid groups (broad SMARTS) is 1. The summed E-state index contributed by atoms with van der Waals surface area (Å²) in [6.45, 7) is 0. The standard InChI is InChI=1S/C27H18N4O2.Cd/c32-27(33)17-3-1-16(2-4-17)25-14-24-13-22-8-7-20(29-22)11-18-5-6-19(28-18)12-21-9-10-23(30-21)15-26(25)31-24;/h1-15,28,31H,(H,32,33);. The van der Waals surface area contributed by atoms with Crippen LogP contribution in [0.5, 0.6) is 0 Å². The van der Waals surface area contributed by atoms with Crippen LogP contribution < -0.4 is 0 Å². The first kappa shape index (κ1) is 22.0. The minimum atomic E-state index is -0.942. The summed E-state index contributed by atoms with van der Waals surface area (Å²) >= 11 is 0. The van der Waals surface area contributed by atoms with Gasteiger partial charge in [0.15, 0.2) is 0 Å². The summed E-state index contributed by atoms with van der Waals surface area (Å²) < 4.78 is 0. The maximum Gasteiger partial charge on any atom is 0.335 e. The molecule has 2 aliphatic heterocycles. The number of aromatic carboxylic acids is 1. The number of carboxylic acids is 1. The summed E-state index contributed by atoms with van der Waals surface area (Å²) in [4.78, 5) is 27.5. The molecule has 0 saturated carbocycles. The molecule has 1 aromatic carbocycles. The summed E-state index contributed by atoms with van der Waals surface area (Å²) in [5, 5.41) is 9.23. The zero-order valence-corrected chi connectivity index (χ0v) is 22.2. The average Bonchev–Trinajstić information content (AvgIpc) is 3.59. The van der Waals surface area contributed by atoms with E-state index >= 15 is 0 Å². The largest absolute Gasteiger partial charge is 0.478 e. The van der Waals surface area contributed by atoms with Crippen molar-refractivity contribution in [3.05, 3.63) is 95.1 Å². The maximum atomic E-state index is 11.2. The van der Waals surface area contributed by atoms with Gasteiger partial charge in [-0.1, -0.05) is 12.1 Å². The Labute approximate surface area is 214 Å². The molecule has 7 heteroatoms. The molecule has 0 fully saturated rings. The first-order valence-corrected chi connectivity index (χ1v) is 10.5. The molecule has 4 aromatic rings. The van der Waals surface area contributed by atoms with Gasteiger partial charge in [0.1, 0.15) is 0 Å². The van der Waals surface area contributed by atoms with Crippen LogP contribution in [0.15, 0.2) is 66.7 Å². The molecule has 0 aliphatic carbocycles. The summed E-state index contributed by atoms with van der Waals surface area (Å²) in [5.41, 5.74) is 9.29. The second-order valence-electron chi connectivity index (χ2n) is 7.97. The Kier molecular flexibility index (Phi) is 5.74. The zero-order valence-electron chi connectivity index (χ0n) is 18.1. The first-order valence-electron chi connectivity index (χ1n) is 10.5. The Morgan fingerprint density at radius 1 is 0.647 bits per heavy atom. The van der Waals surface area contributed by atoms with Gasteiger partial charge in [-0.25, -0.2) is 14.8 Å². The summed E-state index contributed by atoms with van der Waals surface area (Å²) in [6.07, 6.45) is 7.93. The van der Waals surface area contributed by atoms with Crippen molar-refractivity contribution >= 4 is 52.3 Å². The molecular formula is C27H18CdN4O2. The number of benzene rings is 1. The van der Waals surface area contributed by atoms with E-state index in [1.54, 1.807) is 12.1 Å². The van der Waals surface area contributed by atoms with E-state index in [4.69, 9.17) is 9.97 Å². The SMILES string of the molecule is O=C(O)c1ccc(-c2cc3cc4nc(cc5ccc(cc6nc(cc2[nH]3)C=C6)[nH]5)C=C4)cc1.[Cd]. The van der Waals surface area contributed by atoms with E-state index in [1.165, 1.54) is 0 Å². The van der Waals surface area contributed by atoms with Crippen LogP contribution in [0, 0.1) is 0 Å². The number of H-pyrrole nitrogens is 2. The fourth-order valence-corrected chi connectivity index (χ4v) is 4.05. The topological polar surface area (TPSA) is 94.7 Å². The molecule has 160 valence electrons. The van der Waals surface area contributed by atoms with Gasteiger partial charge in [-0.15, -0.1) is 0 Å². The van der Waals surface area contributed by atoms with Crippen molar-refractivity contribution in [2.24, 2.45) is 0 Å². The Balaban J connectivity index is 0.00000241. The van der Waals surface area contributed by atoms with Gasteiger partial charge in [0.2, 0.25) is 0 Å². The minimum Gasteiger partial charge on any atom is -0.478 e. The molecule has 8 bridgehead atoms. The van der Waals surface area contributed by atoms with Gasteiger partial charge >= 0.3 is 5.97 Å². The molecule has 3 N–H and O–H groups in total. The predicted molar refractivity (Wildman–Crippen MR) is 131 cm³/mol. The Hall–Kier alpha value is -3.79. The summed E-state index contributed by atoms with van der Waals surface area (Å²) in [6, 6.07) is 21.0. The monoisotopic (exact) mass is 544 g/mol. The van der Waals surface area contributed by atoms with Crippen LogP contribution in [0.4, 0.5) is 0 Å². The van der Waals surface area contributed by atoms with Gasteiger partial charge in [-0.2, -0.15) is 0 Å². The van der Waals surface area contributed by atoms with E-state index in [-0.39, 0.29) is 32.9 Å². The van der Waals surface area contributed by atoms with E-state index in [2.05, 4.69) is 9.97 Å². The van der Waals surface area contributed by atoms with Crippen LogP contribution in [0.3, 0.4) is 0 Å². The van der Waals surface area contributed by atoms with Crippen molar-refractivity contribution in [3.8, 4) is 11.1 Å². The molecule has 3 aromatic heterocycles. The molecule has 0 radical (unpaired) electrons. The molecular weight excluding hydrogens is 525 g/mol. The van der Waals surface area contributed by atoms with Crippen LogP contribution in [0.25, 0.3) is 57.5 Å². The van der Waals surface area contributed by atoms with Gasteiger partial charge < -0.3 is 15.1 Å². The van der Waals surface area contributed by atoms with Crippen LogP contribution >= 0.6 is 0 Å². The van der Waals surface area contributed by atoms with Gasteiger partial charge in [0.05, 0.1) is 28.3 Å². The van der Waals surface area contributed by atoms with Gasteiger partial charge in [-0.3, -0.25) is 0 Å². The number of aromatic amines is 2. The quantitative estimate of drug-likeness (QED) is 0.233. The number of hydrogen-bond donors (Lipinski definition) is 3. The number of carbonyl (C=O) groups is 1. The van der Waals surface area contributed by atoms with E-state index in [0.29, 0.717) is 0 Å². The number of hydrogen-bond acceptors (Lipinski definition) is 3. The van der Waals surface area contributed by atoms with E-state index < -0.39 is 5.97 Å². The fourth-order valence-electron chi connectivity index (χ4n) is 4.05. The number of nitrogens with one attached hydrogen (secondary N) is 2. The number of aromatic nitrogens is 4. The number of rotatable bonds is 2. The molecule has 2 aliphatic rings. The molecule has 6 nitrogen and oxygen atoms in total. The van der Waals surface area contributed by atoms with Crippen LogP contribution in [-0.4, -0.2) is 31.0 Å². The van der Waals surface area contributed by atoms with Crippen molar-refractivity contribution in [2.45, 2.75) is 0 Å². The molecule has 0 atom stereocenters. The molecule has 0 unspecified atom stereocenters. The summed E-state index contributed by atoms with van der Waals surface area (Å²) in [5.74, 6) is -0.942. The van der Waals surface area contributed by atoms with Crippen molar-refractivity contribution in [1.29, 1.82) is 0 Å². The molecule has 34 heavy (non-hydrogen) atoms. The third-order valence-corrected chi connectivity index (χ3v) is 5.61. The zero-order chi connectivity index (χ0) is 22.4.